The van der Waals surface area contributed by atoms with Gasteiger partial charge in [0.15, 0.2) is 9.84 Å². The van der Waals surface area contributed by atoms with Crippen LogP contribution in [0.1, 0.15) is 20.3 Å². The molecule has 0 N–H and O–H groups in total. The smallest absolute Gasteiger partial charge is 0.244 e. The van der Waals surface area contributed by atoms with Crippen molar-refractivity contribution in [2.24, 2.45) is 5.92 Å². The van der Waals surface area contributed by atoms with Crippen LogP contribution in [0, 0.1) is 5.92 Å². The second kappa shape index (κ2) is 7.19. The lowest BCUT2D eigenvalue weighted by Gasteiger charge is -2.30. The Morgan fingerprint density at radius 2 is 2.08 bits per heavy atom. The lowest BCUT2D eigenvalue weighted by Crippen LogP contribution is -2.45. The highest BCUT2D eigenvalue weighted by molar-refractivity contribution is 7.91. The number of fused-ring (bicyclic) bond motifs is 1. The lowest BCUT2D eigenvalue weighted by molar-refractivity contribution is -0.134. The summed E-state index contributed by atoms with van der Waals surface area (Å²) in [5.74, 6) is 0.186. The van der Waals surface area contributed by atoms with E-state index in [1.807, 2.05) is 13.8 Å². The Bertz CT molecular complexity index is 981. The predicted octanol–water partition coefficient (Wildman–Crippen LogP) is 1.07. The molecule has 1 fully saturated rings. The number of hydrogen-bond donors (Lipinski definition) is 0. The number of carbonyl (C=O) groups is 1. The molecule has 2 aromatic rings. The summed E-state index contributed by atoms with van der Waals surface area (Å²) in [7, 11) is -3.08. The minimum absolute atomic E-state index is 0.0177. The van der Waals surface area contributed by atoms with Gasteiger partial charge in [-0.05, 0) is 24.5 Å². The highest BCUT2D eigenvalue weighted by Gasteiger charge is 2.35. The standard InChI is InChI=1S/C18H23N3O4S/c1-13(2)10-20(14-7-8-26(24,25)12-14)18(23)11-21-16-6-4-3-5-15(16)17(22)9-19-21/h3-6,9,13-14H,7-8,10-12H2,1-2H3/t14-/m0/s1. The third-order valence-corrected chi connectivity index (χ3v) is 6.33. The minimum atomic E-state index is -3.08. The maximum absolute atomic E-state index is 13.0. The van der Waals surface area contributed by atoms with E-state index >= 15 is 0 Å². The van der Waals surface area contributed by atoms with Crippen LogP contribution in [0.15, 0.2) is 35.3 Å². The molecule has 1 aromatic heterocycles. The molecule has 0 bridgehead atoms. The van der Waals surface area contributed by atoms with Crippen LogP contribution in [0.3, 0.4) is 0 Å². The molecule has 7 nitrogen and oxygen atoms in total. The van der Waals surface area contributed by atoms with Crippen molar-refractivity contribution in [1.29, 1.82) is 0 Å². The van der Waals surface area contributed by atoms with Crippen LogP contribution in [0.4, 0.5) is 0 Å². The molecule has 0 aliphatic carbocycles. The summed E-state index contributed by atoms with van der Waals surface area (Å²) >= 11 is 0. The van der Waals surface area contributed by atoms with Crippen molar-refractivity contribution in [3.8, 4) is 0 Å². The van der Waals surface area contributed by atoms with Crippen molar-refractivity contribution in [2.45, 2.75) is 32.9 Å². The Kier molecular flexibility index (Phi) is 5.13. The quantitative estimate of drug-likeness (QED) is 0.777. The summed E-state index contributed by atoms with van der Waals surface area (Å²) in [6.45, 7) is 4.47. The third kappa shape index (κ3) is 3.95. The molecular formula is C18H23N3O4S. The SMILES string of the molecule is CC(C)CN(C(=O)Cn1ncc(=O)c2ccccc21)[C@H]1CCS(=O)(=O)C1. The van der Waals surface area contributed by atoms with Crippen molar-refractivity contribution in [3.05, 3.63) is 40.7 Å². The van der Waals surface area contributed by atoms with Crippen LogP contribution in [0.5, 0.6) is 0 Å². The molecule has 140 valence electrons. The topological polar surface area (TPSA) is 89.3 Å². The fraction of sp³-hybridized carbons (Fsp3) is 0.500. The maximum Gasteiger partial charge on any atom is 0.244 e. The maximum atomic E-state index is 13.0. The number of aromatic nitrogens is 2. The first-order chi connectivity index (χ1) is 12.3. The van der Waals surface area contributed by atoms with E-state index in [2.05, 4.69) is 5.10 Å². The van der Waals surface area contributed by atoms with Crippen molar-refractivity contribution >= 4 is 26.6 Å². The highest BCUT2D eigenvalue weighted by Crippen LogP contribution is 2.20. The number of sulfone groups is 1. The molecule has 1 aliphatic rings. The van der Waals surface area contributed by atoms with Crippen LogP contribution >= 0.6 is 0 Å². The summed E-state index contributed by atoms with van der Waals surface area (Å²) in [4.78, 5) is 26.6. The Morgan fingerprint density at radius 1 is 1.35 bits per heavy atom. The van der Waals surface area contributed by atoms with Gasteiger partial charge < -0.3 is 4.90 Å². The van der Waals surface area contributed by atoms with Gasteiger partial charge >= 0.3 is 0 Å². The summed E-state index contributed by atoms with van der Waals surface area (Å²) in [6, 6.07) is 6.73. The van der Waals surface area contributed by atoms with Crippen LogP contribution < -0.4 is 5.43 Å². The minimum Gasteiger partial charge on any atom is -0.337 e. The Balaban J connectivity index is 1.89. The largest absolute Gasteiger partial charge is 0.337 e. The zero-order chi connectivity index (χ0) is 18.9. The van der Waals surface area contributed by atoms with Gasteiger partial charge in [0.1, 0.15) is 6.54 Å². The third-order valence-electron chi connectivity index (χ3n) is 4.58. The molecular weight excluding hydrogens is 354 g/mol. The number of hydrogen-bond acceptors (Lipinski definition) is 5. The molecule has 26 heavy (non-hydrogen) atoms. The van der Waals surface area contributed by atoms with E-state index in [1.165, 1.54) is 10.9 Å². The van der Waals surface area contributed by atoms with Gasteiger partial charge in [-0.1, -0.05) is 26.0 Å². The first-order valence-corrected chi connectivity index (χ1v) is 10.5. The first-order valence-electron chi connectivity index (χ1n) is 8.71. The number of nitrogens with zero attached hydrogens (tertiary/aromatic N) is 3. The van der Waals surface area contributed by atoms with E-state index in [0.29, 0.717) is 23.9 Å². The molecule has 1 atom stereocenters. The van der Waals surface area contributed by atoms with Crippen LogP contribution in [0.25, 0.3) is 10.9 Å². The van der Waals surface area contributed by atoms with Gasteiger partial charge in [-0.2, -0.15) is 5.10 Å². The van der Waals surface area contributed by atoms with Crippen LogP contribution in [0.2, 0.25) is 0 Å². The van der Waals surface area contributed by atoms with Crippen molar-refractivity contribution in [2.75, 3.05) is 18.1 Å². The lowest BCUT2D eigenvalue weighted by atomic mass is 10.1. The van der Waals surface area contributed by atoms with Gasteiger partial charge in [-0.25, -0.2) is 8.42 Å². The molecule has 0 spiro atoms. The van der Waals surface area contributed by atoms with E-state index in [-0.39, 0.29) is 41.3 Å². The van der Waals surface area contributed by atoms with Gasteiger partial charge in [0.05, 0.1) is 23.2 Å². The molecule has 0 unspecified atom stereocenters. The predicted molar refractivity (Wildman–Crippen MR) is 99.6 cm³/mol. The zero-order valence-corrected chi connectivity index (χ0v) is 15.8. The molecule has 8 heteroatoms. The molecule has 2 heterocycles. The van der Waals surface area contributed by atoms with E-state index in [0.717, 1.165) is 0 Å². The van der Waals surface area contributed by atoms with Gasteiger partial charge in [0, 0.05) is 18.0 Å². The van der Waals surface area contributed by atoms with Crippen molar-refractivity contribution in [3.63, 3.8) is 0 Å². The number of carbonyl (C=O) groups excluding carboxylic acids is 1. The van der Waals surface area contributed by atoms with Crippen LogP contribution in [-0.4, -0.2) is 53.1 Å². The van der Waals surface area contributed by atoms with E-state index in [4.69, 9.17) is 0 Å². The molecule has 1 amide bonds. The average Bonchev–Trinajstić information content (AvgIpc) is 2.95. The highest BCUT2D eigenvalue weighted by atomic mass is 32.2. The summed E-state index contributed by atoms with van der Waals surface area (Å²) in [5.41, 5.74) is 0.405. The Hall–Kier alpha value is -2.22. The van der Waals surface area contributed by atoms with Gasteiger partial charge in [0.2, 0.25) is 11.3 Å². The summed E-state index contributed by atoms with van der Waals surface area (Å²) in [5, 5.41) is 4.61. The van der Waals surface area contributed by atoms with Gasteiger partial charge in [0.25, 0.3) is 0 Å². The molecule has 3 rings (SSSR count). The molecule has 0 saturated carbocycles. The number of para-hydroxylation sites is 1. The fourth-order valence-corrected chi connectivity index (χ4v) is 5.11. The summed E-state index contributed by atoms with van der Waals surface area (Å²) in [6.07, 6.45) is 1.68. The molecule has 1 saturated heterocycles. The zero-order valence-electron chi connectivity index (χ0n) is 15.0. The van der Waals surface area contributed by atoms with E-state index in [1.54, 1.807) is 29.2 Å². The first kappa shape index (κ1) is 18.6. The monoisotopic (exact) mass is 377 g/mol. The van der Waals surface area contributed by atoms with Gasteiger partial charge in [-0.15, -0.1) is 0 Å². The second-order valence-electron chi connectivity index (χ2n) is 7.18. The molecule has 1 aromatic carbocycles. The average molecular weight is 377 g/mol. The molecule has 0 radical (unpaired) electrons. The van der Waals surface area contributed by atoms with Crippen molar-refractivity contribution < 1.29 is 13.2 Å². The second-order valence-corrected chi connectivity index (χ2v) is 9.41. The number of amides is 1. The summed E-state index contributed by atoms with van der Waals surface area (Å²) < 4.78 is 25.2. The normalized spacial score (nSPS) is 19.1. The number of benzene rings is 1. The van der Waals surface area contributed by atoms with Gasteiger partial charge in [-0.3, -0.25) is 14.3 Å². The number of rotatable bonds is 5. The molecule has 1 aliphatic heterocycles. The van der Waals surface area contributed by atoms with E-state index in [9.17, 15) is 18.0 Å². The Labute approximate surface area is 152 Å². The van der Waals surface area contributed by atoms with E-state index < -0.39 is 9.84 Å². The Morgan fingerprint density at radius 3 is 2.73 bits per heavy atom. The van der Waals surface area contributed by atoms with Crippen molar-refractivity contribution in [1.82, 2.24) is 14.7 Å². The van der Waals surface area contributed by atoms with Crippen LogP contribution in [-0.2, 0) is 21.2 Å². The fourth-order valence-electron chi connectivity index (χ4n) is 3.38.